The van der Waals surface area contributed by atoms with Gasteiger partial charge in [0.15, 0.2) is 5.03 Å². The van der Waals surface area contributed by atoms with E-state index in [4.69, 9.17) is 0 Å². The summed E-state index contributed by atoms with van der Waals surface area (Å²) in [7, 11) is -3.71. The second kappa shape index (κ2) is 5.96. The van der Waals surface area contributed by atoms with Crippen molar-refractivity contribution in [2.24, 2.45) is 5.92 Å². The van der Waals surface area contributed by atoms with E-state index >= 15 is 0 Å². The number of rotatable bonds is 5. The summed E-state index contributed by atoms with van der Waals surface area (Å²) in [6.07, 6.45) is 2.50. The molecule has 112 valence electrons. The Bertz CT molecular complexity index is 724. The maximum Gasteiger partial charge on any atom is 0.278 e. The maximum absolute atomic E-state index is 12.0. The minimum atomic E-state index is -3.71. The molecule has 3 N–H and O–H groups in total. The van der Waals surface area contributed by atoms with Crippen molar-refractivity contribution in [1.82, 2.24) is 9.97 Å². The van der Waals surface area contributed by atoms with E-state index in [0.29, 0.717) is 11.4 Å². The highest BCUT2D eigenvalue weighted by atomic mass is 32.2. The molecule has 0 saturated carbocycles. The lowest BCUT2D eigenvalue weighted by atomic mass is 10.2. The molecule has 1 heterocycles. The highest BCUT2D eigenvalue weighted by Gasteiger charge is 2.16. The number of sulfonamides is 1. The van der Waals surface area contributed by atoms with E-state index in [9.17, 15) is 13.2 Å². The highest BCUT2D eigenvalue weighted by Crippen LogP contribution is 2.19. The normalized spacial score (nSPS) is 11.4. The molecule has 8 heteroatoms. The number of anilines is 2. The first-order valence-electron chi connectivity index (χ1n) is 6.30. The Morgan fingerprint density at radius 2 is 2.00 bits per heavy atom. The Kier molecular flexibility index (Phi) is 4.27. The average molecular weight is 308 g/mol. The van der Waals surface area contributed by atoms with E-state index in [1.54, 1.807) is 38.1 Å². The molecule has 1 aromatic heterocycles. The van der Waals surface area contributed by atoms with Gasteiger partial charge >= 0.3 is 0 Å². The van der Waals surface area contributed by atoms with Crippen LogP contribution in [0.15, 0.2) is 41.8 Å². The monoisotopic (exact) mass is 308 g/mol. The number of nitrogens with zero attached hydrogens (tertiary/aromatic N) is 1. The van der Waals surface area contributed by atoms with E-state index in [1.165, 1.54) is 12.5 Å². The topological polar surface area (TPSA) is 104 Å². The first-order valence-corrected chi connectivity index (χ1v) is 7.79. The van der Waals surface area contributed by atoms with Gasteiger partial charge in [-0.15, -0.1) is 0 Å². The molecule has 0 aliphatic heterocycles. The standard InChI is InChI=1S/C13H16N4O3S/c1-9(2)13(18)16-10-4-3-5-11(6-10)17-21(19,20)12-7-14-8-15-12/h3-9,17H,1-2H3,(H,14,15)(H,16,18). The number of carbonyl (C=O) groups excluding carboxylic acids is 1. The molecule has 21 heavy (non-hydrogen) atoms. The minimum Gasteiger partial charge on any atom is -0.334 e. The Balaban J connectivity index is 2.17. The molecule has 7 nitrogen and oxygen atoms in total. The summed E-state index contributed by atoms with van der Waals surface area (Å²) in [4.78, 5) is 17.8. The largest absolute Gasteiger partial charge is 0.334 e. The molecule has 0 aliphatic rings. The van der Waals surface area contributed by atoms with Crippen LogP contribution in [0.2, 0.25) is 0 Å². The predicted octanol–water partition coefficient (Wildman–Crippen LogP) is 1.80. The number of hydrogen-bond donors (Lipinski definition) is 3. The lowest BCUT2D eigenvalue weighted by molar-refractivity contribution is -0.118. The van der Waals surface area contributed by atoms with Crippen molar-refractivity contribution in [3.63, 3.8) is 0 Å². The number of aromatic amines is 1. The fraction of sp³-hybridized carbons (Fsp3) is 0.231. The van der Waals surface area contributed by atoms with Crippen LogP contribution in [0.3, 0.4) is 0 Å². The fourth-order valence-corrected chi connectivity index (χ4v) is 2.50. The Morgan fingerprint density at radius 3 is 2.62 bits per heavy atom. The third-order valence-corrected chi connectivity index (χ3v) is 3.98. The Labute approximate surface area is 122 Å². The summed E-state index contributed by atoms with van der Waals surface area (Å²) >= 11 is 0. The Morgan fingerprint density at radius 1 is 1.29 bits per heavy atom. The quantitative estimate of drug-likeness (QED) is 0.783. The van der Waals surface area contributed by atoms with Gasteiger partial charge in [-0.05, 0) is 18.2 Å². The molecule has 2 aromatic rings. The number of H-pyrrole nitrogens is 1. The van der Waals surface area contributed by atoms with Gasteiger partial charge in [0.1, 0.15) is 0 Å². The number of carbonyl (C=O) groups is 1. The molecule has 1 amide bonds. The molecule has 2 rings (SSSR count). The first-order chi connectivity index (χ1) is 9.88. The summed E-state index contributed by atoms with van der Waals surface area (Å²) in [6, 6.07) is 6.49. The fourth-order valence-electron chi connectivity index (χ4n) is 1.55. The molecule has 1 aromatic carbocycles. The third kappa shape index (κ3) is 3.82. The van der Waals surface area contributed by atoms with E-state index in [1.807, 2.05) is 0 Å². The molecular formula is C13H16N4O3S. The van der Waals surface area contributed by atoms with Crippen LogP contribution >= 0.6 is 0 Å². The molecule has 0 unspecified atom stereocenters. The molecule has 0 spiro atoms. The Hall–Kier alpha value is -2.35. The van der Waals surface area contributed by atoms with Crippen LogP contribution in [0, 0.1) is 5.92 Å². The minimum absolute atomic E-state index is 0.0286. The smallest absolute Gasteiger partial charge is 0.278 e. The summed E-state index contributed by atoms with van der Waals surface area (Å²) in [6.45, 7) is 3.56. The van der Waals surface area contributed by atoms with Gasteiger partial charge in [0.2, 0.25) is 5.91 Å². The van der Waals surface area contributed by atoms with Crippen LogP contribution < -0.4 is 10.0 Å². The SMILES string of the molecule is CC(C)C(=O)Nc1cccc(NS(=O)(=O)c2cnc[nH]2)c1. The first kappa shape index (κ1) is 15.0. The van der Waals surface area contributed by atoms with Crippen molar-refractivity contribution < 1.29 is 13.2 Å². The van der Waals surface area contributed by atoms with Gasteiger partial charge in [0.05, 0.1) is 18.2 Å². The van der Waals surface area contributed by atoms with Crippen LogP contribution in [0.5, 0.6) is 0 Å². The highest BCUT2D eigenvalue weighted by molar-refractivity contribution is 7.92. The molecule has 0 aliphatic carbocycles. The van der Waals surface area contributed by atoms with Crippen LogP contribution in [-0.4, -0.2) is 24.3 Å². The van der Waals surface area contributed by atoms with Crippen molar-refractivity contribution in [2.75, 3.05) is 10.0 Å². The number of nitrogens with one attached hydrogen (secondary N) is 3. The van der Waals surface area contributed by atoms with Crippen molar-refractivity contribution in [2.45, 2.75) is 18.9 Å². The van der Waals surface area contributed by atoms with Gasteiger partial charge in [0, 0.05) is 11.6 Å². The summed E-state index contributed by atoms with van der Waals surface area (Å²) in [5.74, 6) is -0.293. The van der Waals surface area contributed by atoms with Crippen LogP contribution in [0.1, 0.15) is 13.8 Å². The second-order valence-electron chi connectivity index (χ2n) is 4.75. The van der Waals surface area contributed by atoms with Crippen molar-refractivity contribution in [3.8, 4) is 0 Å². The summed E-state index contributed by atoms with van der Waals surface area (Å²) in [5, 5.41) is 2.68. The van der Waals surface area contributed by atoms with Gasteiger partial charge in [-0.1, -0.05) is 19.9 Å². The summed E-state index contributed by atoms with van der Waals surface area (Å²) in [5.41, 5.74) is 0.879. The maximum atomic E-state index is 12.0. The number of amides is 1. The lowest BCUT2D eigenvalue weighted by Gasteiger charge is -2.10. The van der Waals surface area contributed by atoms with Gasteiger partial charge < -0.3 is 10.3 Å². The van der Waals surface area contributed by atoms with Crippen molar-refractivity contribution in [1.29, 1.82) is 0 Å². The van der Waals surface area contributed by atoms with Gasteiger partial charge in [-0.3, -0.25) is 9.52 Å². The zero-order valence-electron chi connectivity index (χ0n) is 11.6. The van der Waals surface area contributed by atoms with Gasteiger partial charge in [-0.2, -0.15) is 8.42 Å². The molecule has 0 bridgehead atoms. The lowest BCUT2D eigenvalue weighted by Crippen LogP contribution is -2.18. The predicted molar refractivity (Wildman–Crippen MR) is 79.3 cm³/mol. The number of aromatic nitrogens is 2. The van der Waals surface area contributed by atoms with Gasteiger partial charge in [-0.25, -0.2) is 4.98 Å². The second-order valence-corrected chi connectivity index (χ2v) is 6.40. The van der Waals surface area contributed by atoms with Gasteiger partial charge in [0.25, 0.3) is 10.0 Å². The van der Waals surface area contributed by atoms with E-state index < -0.39 is 10.0 Å². The molecule has 0 fully saturated rings. The van der Waals surface area contributed by atoms with E-state index in [2.05, 4.69) is 20.0 Å². The average Bonchev–Trinajstić information content (AvgIpc) is 2.93. The zero-order chi connectivity index (χ0) is 15.5. The zero-order valence-corrected chi connectivity index (χ0v) is 12.4. The van der Waals surface area contributed by atoms with E-state index in [0.717, 1.165) is 0 Å². The van der Waals surface area contributed by atoms with Crippen molar-refractivity contribution in [3.05, 3.63) is 36.8 Å². The summed E-state index contributed by atoms with van der Waals surface area (Å²) < 4.78 is 26.5. The van der Waals surface area contributed by atoms with Crippen LogP contribution in [-0.2, 0) is 14.8 Å². The third-order valence-electron chi connectivity index (χ3n) is 2.67. The molecule has 0 radical (unpaired) electrons. The van der Waals surface area contributed by atoms with E-state index in [-0.39, 0.29) is 16.9 Å². The number of benzene rings is 1. The van der Waals surface area contributed by atoms with Crippen LogP contribution in [0.4, 0.5) is 11.4 Å². The number of imidazole rings is 1. The van der Waals surface area contributed by atoms with Crippen molar-refractivity contribution >= 4 is 27.3 Å². The molecule has 0 atom stereocenters. The molecule has 0 saturated heterocycles. The molecular weight excluding hydrogens is 292 g/mol. The van der Waals surface area contributed by atoms with Crippen LogP contribution in [0.25, 0.3) is 0 Å². The number of hydrogen-bond acceptors (Lipinski definition) is 4.